The minimum absolute atomic E-state index is 0.162. The predicted molar refractivity (Wildman–Crippen MR) is 67.4 cm³/mol. The molecule has 0 radical (unpaired) electrons. The highest BCUT2D eigenvalue weighted by molar-refractivity contribution is 7.89. The summed E-state index contributed by atoms with van der Waals surface area (Å²) in [7, 11) is -1.25. The maximum Gasteiger partial charge on any atom is 0.213 e. The standard InChI is InChI=1S/C10H23N3O3S/c1-3-17(15,16)13-6-4-12(5-7-13)9-10(14)8-11-2/h10-11,14H,3-9H2,1-2H3. The SMILES string of the molecule is CCS(=O)(=O)N1CCN(CC(O)CNC)CC1. The van der Waals surface area contributed by atoms with Crippen molar-refractivity contribution < 1.29 is 13.5 Å². The fourth-order valence-corrected chi connectivity index (χ4v) is 3.06. The van der Waals surface area contributed by atoms with Gasteiger partial charge in [-0.3, -0.25) is 4.90 Å². The number of hydrogen-bond donors (Lipinski definition) is 2. The molecule has 1 aliphatic heterocycles. The summed E-state index contributed by atoms with van der Waals surface area (Å²) in [5.41, 5.74) is 0. The molecule has 0 saturated carbocycles. The molecule has 1 fully saturated rings. The molecule has 6 nitrogen and oxygen atoms in total. The van der Waals surface area contributed by atoms with Gasteiger partial charge in [-0.05, 0) is 14.0 Å². The van der Waals surface area contributed by atoms with Gasteiger partial charge < -0.3 is 10.4 Å². The molecule has 1 heterocycles. The number of piperazine rings is 1. The third kappa shape index (κ3) is 4.51. The summed E-state index contributed by atoms with van der Waals surface area (Å²) < 4.78 is 24.8. The van der Waals surface area contributed by atoms with Crippen molar-refractivity contribution in [2.75, 3.05) is 52.1 Å². The van der Waals surface area contributed by atoms with Crippen LogP contribution >= 0.6 is 0 Å². The molecule has 7 heteroatoms. The number of nitrogens with zero attached hydrogens (tertiary/aromatic N) is 2. The van der Waals surface area contributed by atoms with Crippen LogP contribution in [0.2, 0.25) is 0 Å². The summed E-state index contributed by atoms with van der Waals surface area (Å²) in [6, 6.07) is 0. The van der Waals surface area contributed by atoms with Gasteiger partial charge in [-0.1, -0.05) is 0 Å². The lowest BCUT2D eigenvalue weighted by Crippen LogP contribution is -2.51. The molecule has 1 atom stereocenters. The first-order chi connectivity index (χ1) is 7.99. The highest BCUT2D eigenvalue weighted by atomic mass is 32.2. The van der Waals surface area contributed by atoms with Crippen LogP contribution < -0.4 is 5.32 Å². The molecule has 0 spiro atoms. The highest BCUT2D eigenvalue weighted by Gasteiger charge is 2.25. The van der Waals surface area contributed by atoms with Crippen molar-refractivity contribution in [3.63, 3.8) is 0 Å². The topological polar surface area (TPSA) is 72.9 Å². The summed E-state index contributed by atoms with van der Waals surface area (Å²) in [4.78, 5) is 2.10. The Hall–Kier alpha value is -0.210. The molecule has 0 amide bonds. The van der Waals surface area contributed by atoms with Gasteiger partial charge in [0.15, 0.2) is 0 Å². The van der Waals surface area contributed by atoms with Gasteiger partial charge in [0.1, 0.15) is 0 Å². The van der Waals surface area contributed by atoms with Crippen LogP contribution in [0.15, 0.2) is 0 Å². The lowest BCUT2D eigenvalue weighted by atomic mass is 10.3. The van der Waals surface area contributed by atoms with E-state index in [0.29, 0.717) is 39.3 Å². The molecule has 0 aromatic carbocycles. The molecule has 1 aliphatic rings. The van der Waals surface area contributed by atoms with Crippen molar-refractivity contribution in [2.45, 2.75) is 13.0 Å². The summed E-state index contributed by atoms with van der Waals surface area (Å²) >= 11 is 0. The normalized spacial score (nSPS) is 21.6. The molecule has 0 aromatic rings. The summed E-state index contributed by atoms with van der Waals surface area (Å²) in [6.45, 7) is 5.28. The van der Waals surface area contributed by atoms with E-state index in [-0.39, 0.29) is 5.75 Å². The average Bonchev–Trinajstić information content (AvgIpc) is 2.30. The van der Waals surface area contributed by atoms with E-state index in [4.69, 9.17) is 0 Å². The number of hydrogen-bond acceptors (Lipinski definition) is 5. The van der Waals surface area contributed by atoms with E-state index < -0.39 is 16.1 Å². The van der Waals surface area contributed by atoms with Gasteiger partial charge in [-0.25, -0.2) is 8.42 Å². The number of likely N-dealkylation sites (N-methyl/N-ethyl adjacent to an activating group) is 1. The summed E-state index contributed by atoms with van der Waals surface area (Å²) in [5.74, 6) is 0.162. The number of aliphatic hydroxyl groups is 1. The van der Waals surface area contributed by atoms with E-state index in [2.05, 4.69) is 10.2 Å². The first kappa shape index (κ1) is 14.8. The Bertz CT molecular complexity index is 313. The Balaban J connectivity index is 2.36. The summed E-state index contributed by atoms with van der Waals surface area (Å²) in [5, 5.41) is 12.6. The van der Waals surface area contributed by atoms with Crippen LogP contribution in [0.5, 0.6) is 0 Å². The van der Waals surface area contributed by atoms with E-state index in [1.807, 2.05) is 0 Å². The van der Waals surface area contributed by atoms with Gasteiger partial charge in [-0.15, -0.1) is 0 Å². The first-order valence-electron chi connectivity index (χ1n) is 6.02. The fraction of sp³-hybridized carbons (Fsp3) is 1.00. The molecule has 2 N–H and O–H groups in total. The van der Waals surface area contributed by atoms with Gasteiger partial charge in [0.2, 0.25) is 10.0 Å². The van der Waals surface area contributed by atoms with E-state index >= 15 is 0 Å². The van der Waals surface area contributed by atoms with Gasteiger partial charge in [0.05, 0.1) is 11.9 Å². The van der Waals surface area contributed by atoms with Crippen molar-refractivity contribution in [1.82, 2.24) is 14.5 Å². The Labute approximate surface area is 104 Å². The molecule has 0 aromatic heterocycles. The lowest BCUT2D eigenvalue weighted by Gasteiger charge is -2.34. The van der Waals surface area contributed by atoms with E-state index in [9.17, 15) is 13.5 Å². The maximum absolute atomic E-state index is 11.6. The lowest BCUT2D eigenvalue weighted by molar-refractivity contribution is 0.0927. The maximum atomic E-state index is 11.6. The second-order valence-electron chi connectivity index (χ2n) is 4.31. The van der Waals surface area contributed by atoms with Crippen molar-refractivity contribution in [3.8, 4) is 0 Å². The largest absolute Gasteiger partial charge is 0.390 e. The van der Waals surface area contributed by atoms with E-state index in [0.717, 1.165) is 0 Å². The van der Waals surface area contributed by atoms with Gasteiger partial charge >= 0.3 is 0 Å². The van der Waals surface area contributed by atoms with Crippen LogP contribution in [-0.2, 0) is 10.0 Å². The molecule has 0 aliphatic carbocycles. The van der Waals surface area contributed by atoms with Crippen LogP contribution in [0.25, 0.3) is 0 Å². The highest BCUT2D eigenvalue weighted by Crippen LogP contribution is 2.08. The van der Waals surface area contributed by atoms with Crippen LogP contribution in [0.4, 0.5) is 0 Å². The molecule has 1 rings (SSSR count). The van der Waals surface area contributed by atoms with Crippen molar-refractivity contribution in [2.24, 2.45) is 0 Å². The Morgan fingerprint density at radius 2 is 1.88 bits per heavy atom. The molecular formula is C10H23N3O3S. The molecular weight excluding hydrogens is 242 g/mol. The van der Waals surface area contributed by atoms with E-state index in [1.54, 1.807) is 14.0 Å². The molecule has 102 valence electrons. The van der Waals surface area contributed by atoms with Gasteiger partial charge in [0, 0.05) is 39.3 Å². The smallest absolute Gasteiger partial charge is 0.213 e. The third-order valence-corrected chi connectivity index (χ3v) is 4.88. The van der Waals surface area contributed by atoms with Crippen LogP contribution in [0.3, 0.4) is 0 Å². The number of rotatable bonds is 6. The van der Waals surface area contributed by atoms with E-state index in [1.165, 1.54) is 4.31 Å². The minimum Gasteiger partial charge on any atom is -0.390 e. The minimum atomic E-state index is -3.05. The van der Waals surface area contributed by atoms with Crippen LogP contribution in [0, 0.1) is 0 Å². The zero-order valence-electron chi connectivity index (χ0n) is 10.6. The van der Waals surface area contributed by atoms with Crippen LogP contribution in [0.1, 0.15) is 6.92 Å². The Morgan fingerprint density at radius 3 is 2.35 bits per heavy atom. The fourth-order valence-electron chi connectivity index (χ4n) is 1.97. The Morgan fingerprint density at radius 1 is 1.29 bits per heavy atom. The molecule has 17 heavy (non-hydrogen) atoms. The number of β-amino-alcohol motifs (C(OH)–C–C–N with tert-alkyl or cyclic N) is 1. The van der Waals surface area contributed by atoms with Crippen molar-refractivity contribution >= 4 is 10.0 Å². The molecule has 0 bridgehead atoms. The second kappa shape index (κ2) is 6.65. The zero-order valence-corrected chi connectivity index (χ0v) is 11.4. The van der Waals surface area contributed by atoms with Crippen LogP contribution in [-0.4, -0.2) is 80.9 Å². The van der Waals surface area contributed by atoms with Gasteiger partial charge in [-0.2, -0.15) is 4.31 Å². The monoisotopic (exact) mass is 265 g/mol. The first-order valence-corrected chi connectivity index (χ1v) is 7.63. The van der Waals surface area contributed by atoms with Gasteiger partial charge in [0.25, 0.3) is 0 Å². The Kier molecular flexibility index (Phi) is 5.81. The molecule has 1 saturated heterocycles. The average molecular weight is 265 g/mol. The third-order valence-electron chi connectivity index (χ3n) is 3.00. The zero-order chi connectivity index (χ0) is 12.9. The predicted octanol–water partition coefficient (Wildman–Crippen LogP) is -1.47. The number of nitrogens with one attached hydrogen (secondary N) is 1. The van der Waals surface area contributed by atoms with Crippen molar-refractivity contribution in [3.05, 3.63) is 0 Å². The summed E-state index contributed by atoms with van der Waals surface area (Å²) in [6.07, 6.45) is -0.394. The second-order valence-corrected chi connectivity index (χ2v) is 6.57. The molecule has 1 unspecified atom stereocenters. The quantitative estimate of drug-likeness (QED) is 0.614. The number of aliphatic hydroxyl groups excluding tert-OH is 1. The van der Waals surface area contributed by atoms with Crippen molar-refractivity contribution in [1.29, 1.82) is 0 Å². The number of sulfonamides is 1.